The van der Waals surface area contributed by atoms with Gasteiger partial charge in [0.25, 0.3) is 6.43 Å². The number of methoxy groups -OCH3 is 1. The van der Waals surface area contributed by atoms with Crippen molar-refractivity contribution in [2.24, 2.45) is 0 Å². The molecule has 0 saturated carbocycles. The molecular weight excluding hydrogens is 252 g/mol. The number of rotatable bonds is 8. The lowest BCUT2D eigenvalue weighted by Crippen LogP contribution is -2.33. The van der Waals surface area contributed by atoms with Crippen LogP contribution >= 0.6 is 0 Å². The third kappa shape index (κ3) is 5.12. The van der Waals surface area contributed by atoms with Crippen molar-refractivity contribution in [1.82, 2.24) is 5.32 Å². The van der Waals surface area contributed by atoms with Crippen molar-refractivity contribution in [1.29, 1.82) is 0 Å². The fraction of sp³-hybridized carbons (Fsp3) is 0.571. The summed E-state index contributed by atoms with van der Waals surface area (Å²) in [4.78, 5) is 0. The van der Waals surface area contributed by atoms with Gasteiger partial charge in [0.1, 0.15) is 12.4 Å². The van der Waals surface area contributed by atoms with Crippen molar-refractivity contribution in [2.45, 2.75) is 32.4 Å². The number of benzene rings is 1. The van der Waals surface area contributed by atoms with Crippen LogP contribution in [0.25, 0.3) is 0 Å². The summed E-state index contributed by atoms with van der Waals surface area (Å²) in [5.41, 5.74) is 0.990. The highest BCUT2D eigenvalue weighted by Crippen LogP contribution is 2.22. The molecule has 1 rings (SSSR count). The molecule has 0 aliphatic rings. The third-order valence-corrected chi connectivity index (χ3v) is 2.85. The van der Waals surface area contributed by atoms with E-state index >= 15 is 0 Å². The average molecular weight is 273 g/mol. The zero-order valence-electron chi connectivity index (χ0n) is 11.5. The molecule has 5 heteroatoms. The molecule has 1 N–H and O–H groups in total. The van der Waals surface area contributed by atoms with Crippen LogP contribution in [0.5, 0.6) is 5.75 Å². The molecule has 0 saturated heterocycles. The Morgan fingerprint density at radius 1 is 1.21 bits per heavy atom. The number of nitrogens with one attached hydrogen (secondary N) is 1. The number of alkyl halides is 2. The van der Waals surface area contributed by atoms with Gasteiger partial charge in [-0.2, -0.15) is 0 Å². The second kappa shape index (κ2) is 8.07. The van der Waals surface area contributed by atoms with E-state index in [2.05, 4.69) is 5.32 Å². The van der Waals surface area contributed by atoms with Gasteiger partial charge >= 0.3 is 0 Å². The van der Waals surface area contributed by atoms with Gasteiger partial charge in [-0.05, 0) is 31.2 Å². The number of hydrogen-bond donors (Lipinski definition) is 1. The molecule has 0 aromatic heterocycles. The normalized spacial score (nSPS) is 14.4. The summed E-state index contributed by atoms with van der Waals surface area (Å²) >= 11 is 0. The van der Waals surface area contributed by atoms with Crippen LogP contribution in [-0.4, -0.2) is 32.8 Å². The van der Waals surface area contributed by atoms with Gasteiger partial charge in [0, 0.05) is 0 Å². The molecule has 108 valence electrons. The van der Waals surface area contributed by atoms with Crippen molar-refractivity contribution >= 4 is 0 Å². The fourth-order valence-corrected chi connectivity index (χ4v) is 1.91. The van der Waals surface area contributed by atoms with Gasteiger partial charge in [-0.1, -0.05) is 19.1 Å². The quantitative estimate of drug-likeness (QED) is 0.789. The molecule has 2 unspecified atom stereocenters. The molecule has 0 spiro atoms. The van der Waals surface area contributed by atoms with Gasteiger partial charge in [0.2, 0.25) is 0 Å². The van der Waals surface area contributed by atoms with Crippen LogP contribution in [0.3, 0.4) is 0 Å². The molecule has 0 aliphatic heterocycles. The van der Waals surface area contributed by atoms with E-state index in [1.807, 2.05) is 31.2 Å². The summed E-state index contributed by atoms with van der Waals surface area (Å²) in [7, 11) is 1.60. The summed E-state index contributed by atoms with van der Waals surface area (Å²) in [6.45, 7) is 3.95. The zero-order valence-corrected chi connectivity index (χ0v) is 11.5. The third-order valence-electron chi connectivity index (χ3n) is 2.85. The topological polar surface area (TPSA) is 30.5 Å². The van der Waals surface area contributed by atoms with Crippen molar-refractivity contribution in [2.75, 3.05) is 20.3 Å². The molecule has 0 fully saturated rings. The minimum atomic E-state index is -2.44. The van der Waals surface area contributed by atoms with E-state index in [1.165, 1.54) is 0 Å². The van der Waals surface area contributed by atoms with E-state index in [-0.39, 0.29) is 12.1 Å². The lowest BCUT2D eigenvalue weighted by atomic mass is 10.0. The predicted octanol–water partition coefficient (Wildman–Crippen LogP) is 3.02. The van der Waals surface area contributed by atoms with Crippen LogP contribution in [0.4, 0.5) is 8.78 Å². The smallest absolute Gasteiger partial charge is 0.261 e. The highest BCUT2D eigenvalue weighted by atomic mass is 19.3. The van der Waals surface area contributed by atoms with Crippen LogP contribution in [-0.2, 0) is 4.74 Å². The van der Waals surface area contributed by atoms with Crippen LogP contribution in [0, 0.1) is 0 Å². The Kier molecular flexibility index (Phi) is 6.73. The first-order chi connectivity index (χ1) is 9.08. The number of hydrogen-bond acceptors (Lipinski definition) is 3. The molecule has 0 heterocycles. The van der Waals surface area contributed by atoms with E-state index in [0.717, 1.165) is 17.9 Å². The lowest BCUT2D eigenvalue weighted by Gasteiger charge is -2.25. The van der Waals surface area contributed by atoms with E-state index in [1.54, 1.807) is 14.0 Å². The highest BCUT2D eigenvalue weighted by Gasteiger charge is 2.20. The summed E-state index contributed by atoms with van der Waals surface area (Å²) in [5.74, 6) is 0.764. The van der Waals surface area contributed by atoms with E-state index < -0.39 is 13.0 Å². The average Bonchev–Trinajstić information content (AvgIpc) is 2.42. The Bertz CT molecular complexity index is 357. The first-order valence-corrected chi connectivity index (χ1v) is 6.35. The standard InChI is InChI=1S/C14H21F2NO2/c1-4-17-14(10(2)19-9-13(15)16)11-5-7-12(18-3)8-6-11/h5-8,10,13-14,17H,4,9H2,1-3H3. The Labute approximate surface area is 112 Å². The summed E-state index contributed by atoms with van der Waals surface area (Å²) in [6, 6.07) is 7.40. The first-order valence-electron chi connectivity index (χ1n) is 6.35. The number of halogens is 2. The number of likely N-dealkylation sites (N-methyl/N-ethyl adjacent to an activating group) is 1. The van der Waals surface area contributed by atoms with E-state index in [4.69, 9.17) is 9.47 Å². The van der Waals surface area contributed by atoms with Crippen molar-refractivity contribution in [3.05, 3.63) is 29.8 Å². The molecule has 1 aromatic carbocycles. The largest absolute Gasteiger partial charge is 0.497 e. The van der Waals surface area contributed by atoms with Gasteiger partial charge in [-0.25, -0.2) is 8.78 Å². The number of ether oxygens (including phenoxy) is 2. The van der Waals surface area contributed by atoms with Gasteiger partial charge in [-0.15, -0.1) is 0 Å². The minimum absolute atomic E-state index is 0.116. The SMILES string of the molecule is CCNC(c1ccc(OC)cc1)C(C)OCC(F)F. The fourth-order valence-electron chi connectivity index (χ4n) is 1.91. The van der Waals surface area contributed by atoms with Crippen LogP contribution in [0.2, 0.25) is 0 Å². The molecule has 0 aliphatic carbocycles. The Balaban J connectivity index is 2.73. The molecular formula is C14H21F2NO2. The maximum atomic E-state index is 12.2. The summed E-state index contributed by atoms with van der Waals surface area (Å²) in [6.07, 6.45) is -2.78. The van der Waals surface area contributed by atoms with Crippen molar-refractivity contribution in [3.63, 3.8) is 0 Å². The molecule has 3 nitrogen and oxygen atoms in total. The van der Waals surface area contributed by atoms with Gasteiger partial charge in [0.15, 0.2) is 0 Å². The van der Waals surface area contributed by atoms with E-state index in [9.17, 15) is 8.78 Å². The molecule has 0 amide bonds. The molecule has 0 radical (unpaired) electrons. The van der Waals surface area contributed by atoms with Gasteiger partial charge in [0.05, 0.1) is 19.3 Å². The lowest BCUT2D eigenvalue weighted by molar-refractivity contribution is -0.0307. The molecule has 0 bridgehead atoms. The van der Waals surface area contributed by atoms with Crippen molar-refractivity contribution in [3.8, 4) is 5.75 Å². The molecule has 19 heavy (non-hydrogen) atoms. The molecule has 2 atom stereocenters. The van der Waals surface area contributed by atoms with Crippen LogP contribution in [0.1, 0.15) is 25.5 Å². The monoisotopic (exact) mass is 273 g/mol. The van der Waals surface area contributed by atoms with Crippen LogP contribution in [0.15, 0.2) is 24.3 Å². The minimum Gasteiger partial charge on any atom is -0.497 e. The van der Waals surface area contributed by atoms with Gasteiger partial charge < -0.3 is 14.8 Å². The van der Waals surface area contributed by atoms with Crippen LogP contribution < -0.4 is 10.1 Å². The second-order valence-electron chi connectivity index (χ2n) is 4.24. The Morgan fingerprint density at radius 2 is 1.84 bits per heavy atom. The summed E-state index contributed by atoms with van der Waals surface area (Å²) < 4.78 is 34.7. The molecule has 1 aromatic rings. The van der Waals surface area contributed by atoms with Gasteiger partial charge in [-0.3, -0.25) is 0 Å². The zero-order chi connectivity index (χ0) is 14.3. The Hall–Kier alpha value is -1.20. The Morgan fingerprint density at radius 3 is 2.32 bits per heavy atom. The highest BCUT2D eigenvalue weighted by molar-refractivity contribution is 5.29. The summed E-state index contributed by atoms with van der Waals surface area (Å²) in [5, 5.41) is 3.25. The van der Waals surface area contributed by atoms with Crippen molar-refractivity contribution < 1.29 is 18.3 Å². The maximum absolute atomic E-state index is 12.2. The predicted molar refractivity (Wildman–Crippen MR) is 70.8 cm³/mol. The second-order valence-corrected chi connectivity index (χ2v) is 4.24. The van der Waals surface area contributed by atoms with E-state index in [0.29, 0.717) is 0 Å². The first kappa shape index (κ1) is 15.9. The maximum Gasteiger partial charge on any atom is 0.261 e.